The van der Waals surface area contributed by atoms with E-state index >= 15 is 0 Å². The van der Waals surface area contributed by atoms with Crippen LogP contribution in [0.1, 0.15) is 64.7 Å². The zero-order valence-electron chi connectivity index (χ0n) is 13.2. The number of aliphatic hydroxyl groups excluding tert-OH is 1. The van der Waals surface area contributed by atoms with Gasteiger partial charge >= 0.3 is 5.97 Å². The van der Waals surface area contributed by atoms with E-state index in [0.29, 0.717) is 6.42 Å². The fourth-order valence-corrected chi connectivity index (χ4v) is 1.91. The third-order valence-electron chi connectivity index (χ3n) is 3.05. The van der Waals surface area contributed by atoms with Gasteiger partial charge in [-0.05, 0) is 39.0 Å². The molecule has 0 aliphatic rings. The smallest absolute Gasteiger partial charge is 0.303 e. The van der Waals surface area contributed by atoms with E-state index in [0.717, 1.165) is 38.5 Å². The molecule has 1 atom stereocenters. The van der Waals surface area contributed by atoms with Gasteiger partial charge in [-0.1, -0.05) is 55.7 Å². The van der Waals surface area contributed by atoms with E-state index in [2.05, 4.69) is 24.3 Å². The summed E-state index contributed by atoms with van der Waals surface area (Å²) in [5.41, 5.74) is 0. The zero-order valence-corrected chi connectivity index (χ0v) is 13.2. The predicted octanol–water partition coefficient (Wildman–Crippen LogP) is 4.63. The summed E-state index contributed by atoms with van der Waals surface area (Å²) in [6.07, 6.45) is 20.6. The lowest BCUT2D eigenvalue weighted by Gasteiger charge is -1.98. The third kappa shape index (κ3) is 18.6. The van der Waals surface area contributed by atoms with Crippen LogP contribution in [0.2, 0.25) is 0 Å². The van der Waals surface area contributed by atoms with Crippen LogP contribution >= 0.6 is 0 Å². The van der Waals surface area contributed by atoms with Gasteiger partial charge < -0.3 is 10.2 Å². The van der Waals surface area contributed by atoms with Gasteiger partial charge in [-0.3, -0.25) is 4.79 Å². The fraction of sp³-hybridized carbons (Fsp3) is 0.611. The maximum absolute atomic E-state index is 10.3. The second-order valence-corrected chi connectivity index (χ2v) is 5.28. The molecule has 0 heterocycles. The number of carboxylic acid groups (broad SMARTS) is 1. The van der Waals surface area contributed by atoms with E-state index in [1.165, 1.54) is 12.8 Å². The Morgan fingerprint density at radius 1 is 0.905 bits per heavy atom. The van der Waals surface area contributed by atoms with Gasteiger partial charge in [0.2, 0.25) is 0 Å². The summed E-state index contributed by atoms with van der Waals surface area (Å²) in [5, 5.41) is 17.5. The lowest BCUT2D eigenvalue weighted by molar-refractivity contribution is -0.137. The summed E-state index contributed by atoms with van der Waals surface area (Å²) in [6, 6.07) is 0. The van der Waals surface area contributed by atoms with E-state index < -0.39 is 5.97 Å². The van der Waals surface area contributed by atoms with Gasteiger partial charge in [-0.15, -0.1) is 0 Å². The molecule has 0 fully saturated rings. The molecule has 3 heteroatoms. The summed E-state index contributed by atoms with van der Waals surface area (Å²) >= 11 is 0. The molecule has 1 unspecified atom stereocenters. The standard InChI is InChI=1S/C18H30O3/c1-17(19)15-13-11-9-7-5-3-2-4-6-8-10-12-14-16-18(20)21/h2-3,7,9,13,15,17,19H,4-6,8,10-12,14,16H2,1H3,(H,20,21)/b3-2-,9-7-,15-13-. The second kappa shape index (κ2) is 15.0. The first-order valence-electron chi connectivity index (χ1n) is 7.99. The Labute approximate surface area is 129 Å². The van der Waals surface area contributed by atoms with E-state index in [9.17, 15) is 4.79 Å². The molecule has 21 heavy (non-hydrogen) atoms. The summed E-state index contributed by atoms with van der Waals surface area (Å²) in [5.74, 6) is -0.688. The van der Waals surface area contributed by atoms with Crippen LogP contribution in [-0.2, 0) is 4.79 Å². The van der Waals surface area contributed by atoms with Gasteiger partial charge in [0.25, 0.3) is 0 Å². The van der Waals surface area contributed by atoms with Crippen LogP contribution in [0.15, 0.2) is 36.5 Å². The number of allylic oxidation sites excluding steroid dienone is 5. The molecule has 0 saturated carbocycles. The molecule has 0 saturated heterocycles. The molecule has 0 aliphatic heterocycles. The van der Waals surface area contributed by atoms with Crippen LogP contribution in [0.4, 0.5) is 0 Å². The second-order valence-electron chi connectivity index (χ2n) is 5.28. The molecule has 0 spiro atoms. The molecule has 0 radical (unpaired) electrons. The highest BCUT2D eigenvalue weighted by atomic mass is 16.4. The van der Waals surface area contributed by atoms with Gasteiger partial charge in [0.05, 0.1) is 6.10 Å². The first-order valence-corrected chi connectivity index (χ1v) is 7.99. The largest absolute Gasteiger partial charge is 0.481 e. The van der Waals surface area contributed by atoms with Crippen LogP contribution < -0.4 is 0 Å². The van der Waals surface area contributed by atoms with Crippen LogP contribution in [0, 0.1) is 0 Å². The number of aliphatic carboxylic acids is 1. The van der Waals surface area contributed by atoms with Crippen molar-refractivity contribution < 1.29 is 15.0 Å². The minimum Gasteiger partial charge on any atom is -0.481 e. The Hall–Kier alpha value is -1.35. The van der Waals surface area contributed by atoms with Crippen molar-refractivity contribution in [2.24, 2.45) is 0 Å². The van der Waals surface area contributed by atoms with Gasteiger partial charge in [0.1, 0.15) is 0 Å². The van der Waals surface area contributed by atoms with Crippen molar-refractivity contribution in [1.29, 1.82) is 0 Å². The molecule has 0 amide bonds. The van der Waals surface area contributed by atoms with E-state index in [-0.39, 0.29) is 6.10 Å². The topological polar surface area (TPSA) is 57.5 Å². The Balaban J connectivity index is 3.29. The molecule has 3 nitrogen and oxygen atoms in total. The van der Waals surface area contributed by atoms with Gasteiger partial charge in [-0.25, -0.2) is 0 Å². The lowest BCUT2D eigenvalue weighted by Crippen LogP contribution is -1.93. The van der Waals surface area contributed by atoms with Crippen LogP contribution in [-0.4, -0.2) is 22.3 Å². The fourth-order valence-electron chi connectivity index (χ4n) is 1.91. The minimum absolute atomic E-state index is 0.304. The first kappa shape index (κ1) is 19.7. The van der Waals surface area contributed by atoms with Crippen molar-refractivity contribution in [3.05, 3.63) is 36.5 Å². The average Bonchev–Trinajstić information content (AvgIpc) is 2.42. The Morgan fingerprint density at radius 2 is 1.48 bits per heavy atom. The highest BCUT2D eigenvalue weighted by Crippen LogP contribution is 2.07. The average molecular weight is 294 g/mol. The predicted molar refractivity (Wildman–Crippen MR) is 88.3 cm³/mol. The molecule has 2 N–H and O–H groups in total. The lowest BCUT2D eigenvalue weighted by atomic mass is 10.1. The summed E-state index contributed by atoms with van der Waals surface area (Å²) in [6.45, 7) is 1.75. The number of hydrogen-bond donors (Lipinski definition) is 2. The zero-order chi connectivity index (χ0) is 15.8. The molecular weight excluding hydrogens is 264 g/mol. The van der Waals surface area contributed by atoms with Crippen molar-refractivity contribution >= 4 is 5.97 Å². The highest BCUT2D eigenvalue weighted by molar-refractivity contribution is 5.66. The van der Waals surface area contributed by atoms with Crippen LogP contribution in [0.5, 0.6) is 0 Å². The quantitative estimate of drug-likeness (QED) is 0.384. The Bertz CT molecular complexity index is 327. The van der Waals surface area contributed by atoms with Crippen molar-refractivity contribution in [1.82, 2.24) is 0 Å². The molecule has 0 rings (SSSR count). The summed E-state index contributed by atoms with van der Waals surface area (Å²) < 4.78 is 0. The summed E-state index contributed by atoms with van der Waals surface area (Å²) in [7, 11) is 0. The monoisotopic (exact) mass is 294 g/mol. The number of unbranched alkanes of at least 4 members (excludes halogenated alkanes) is 5. The minimum atomic E-state index is -0.688. The Kier molecular flexibility index (Phi) is 14.1. The molecule has 0 aliphatic carbocycles. The molecule has 0 bridgehead atoms. The summed E-state index contributed by atoms with van der Waals surface area (Å²) in [4.78, 5) is 10.3. The number of carbonyl (C=O) groups is 1. The van der Waals surface area contributed by atoms with E-state index in [1.54, 1.807) is 13.0 Å². The first-order chi connectivity index (χ1) is 10.1. The molecule has 0 aromatic heterocycles. The van der Waals surface area contributed by atoms with Crippen molar-refractivity contribution in [3.63, 3.8) is 0 Å². The normalized spacial score (nSPS) is 13.6. The van der Waals surface area contributed by atoms with E-state index in [4.69, 9.17) is 10.2 Å². The van der Waals surface area contributed by atoms with Crippen molar-refractivity contribution in [3.8, 4) is 0 Å². The number of hydrogen-bond acceptors (Lipinski definition) is 2. The van der Waals surface area contributed by atoms with Crippen LogP contribution in [0.3, 0.4) is 0 Å². The third-order valence-corrected chi connectivity index (χ3v) is 3.05. The maximum atomic E-state index is 10.3. The molecule has 0 aromatic rings. The van der Waals surface area contributed by atoms with Gasteiger partial charge in [0, 0.05) is 6.42 Å². The maximum Gasteiger partial charge on any atom is 0.303 e. The molecule has 0 aromatic carbocycles. The van der Waals surface area contributed by atoms with Crippen LogP contribution in [0.25, 0.3) is 0 Å². The molecule has 120 valence electrons. The van der Waals surface area contributed by atoms with Crippen molar-refractivity contribution in [2.75, 3.05) is 0 Å². The van der Waals surface area contributed by atoms with Gasteiger partial charge in [-0.2, -0.15) is 0 Å². The van der Waals surface area contributed by atoms with Gasteiger partial charge in [0.15, 0.2) is 0 Å². The number of rotatable bonds is 13. The highest BCUT2D eigenvalue weighted by Gasteiger charge is 1.95. The Morgan fingerprint density at radius 3 is 2.14 bits per heavy atom. The number of aliphatic hydroxyl groups is 1. The number of carboxylic acids is 1. The SMILES string of the molecule is CC(O)/C=C\C/C=C\C/C=C\CCCCCCCC(=O)O. The van der Waals surface area contributed by atoms with E-state index in [1.807, 2.05) is 6.08 Å². The molecular formula is C18H30O3. The van der Waals surface area contributed by atoms with Crippen molar-refractivity contribution in [2.45, 2.75) is 70.8 Å².